The maximum Gasteiger partial charge on any atom is 0.407 e. The highest BCUT2D eigenvalue weighted by atomic mass is 19.1. The third-order valence-corrected chi connectivity index (χ3v) is 2.48. The summed E-state index contributed by atoms with van der Waals surface area (Å²) in [5.41, 5.74) is -0.423. The van der Waals surface area contributed by atoms with Gasteiger partial charge in [0.05, 0.1) is 5.69 Å². The van der Waals surface area contributed by atoms with Crippen molar-refractivity contribution < 1.29 is 13.9 Å². The molecule has 0 aromatic carbocycles. The van der Waals surface area contributed by atoms with Gasteiger partial charge < -0.3 is 10.1 Å². The highest BCUT2D eigenvalue weighted by Crippen LogP contribution is 2.20. The Morgan fingerprint density at radius 3 is 2.47 bits per heavy atom. The maximum atomic E-state index is 13.1. The van der Waals surface area contributed by atoms with Crippen LogP contribution in [0.25, 0.3) is 0 Å². The molecule has 19 heavy (non-hydrogen) atoms. The first-order valence-corrected chi connectivity index (χ1v) is 6.20. The third-order valence-electron chi connectivity index (χ3n) is 2.48. The minimum absolute atomic E-state index is 0.318. The van der Waals surface area contributed by atoms with Crippen LogP contribution >= 0.6 is 0 Å². The largest absolute Gasteiger partial charge is 0.444 e. The van der Waals surface area contributed by atoms with E-state index < -0.39 is 23.1 Å². The van der Waals surface area contributed by atoms with Crippen LogP contribution in [0, 0.1) is 5.95 Å². The van der Waals surface area contributed by atoms with Crippen LogP contribution in [-0.2, 0) is 10.2 Å². The topological polar surface area (TPSA) is 51.2 Å². The first-order chi connectivity index (χ1) is 8.60. The zero-order valence-electron chi connectivity index (χ0n) is 12.1. The van der Waals surface area contributed by atoms with Crippen LogP contribution in [0.3, 0.4) is 0 Å². The van der Waals surface area contributed by atoms with Gasteiger partial charge in [0.1, 0.15) is 5.60 Å². The maximum absolute atomic E-state index is 13.1. The molecule has 0 aliphatic rings. The molecule has 0 radical (unpaired) electrons. The molecule has 1 amide bonds. The van der Waals surface area contributed by atoms with Crippen molar-refractivity contribution in [2.75, 3.05) is 6.54 Å². The van der Waals surface area contributed by atoms with Gasteiger partial charge in [0.2, 0.25) is 5.95 Å². The zero-order valence-corrected chi connectivity index (χ0v) is 12.1. The van der Waals surface area contributed by atoms with Crippen LogP contribution in [-0.4, -0.2) is 23.2 Å². The lowest BCUT2D eigenvalue weighted by molar-refractivity contribution is 0.0517. The van der Waals surface area contributed by atoms with Crippen LogP contribution < -0.4 is 5.32 Å². The molecule has 0 unspecified atom stereocenters. The van der Waals surface area contributed by atoms with E-state index in [1.165, 1.54) is 6.07 Å². The molecular weight excluding hydrogens is 247 g/mol. The van der Waals surface area contributed by atoms with Crippen LogP contribution in [0.15, 0.2) is 18.2 Å². The van der Waals surface area contributed by atoms with Crippen LogP contribution in [0.4, 0.5) is 9.18 Å². The molecule has 106 valence electrons. The highest BCUT2D eigenvalue weighted by Gasteiger charge is 2.25. The average molecular weight is 268 g/mol. The molecule has 0 aliphatic heterocycles. The molecule has 0 bridgehead atoms. The fraction of sp³-hybridized carbons (Fsp3) is 0.571. The summed E-state index contributed by atoms with van der Waals surface area (Å²) in [7, 11) is 0. The summed E-state index contributed by atoms with van der Waals surface area (Å²) in [4.78, 5) is 15.4. The summed E-state index contributed by atoms with van der Waals surface area (Å²) in [6.45, 7) is 9.47. The smallest absolute Gasteiger partial charge is 0.407 e. The summed E-state index contributed by atoms with van der Waals surface area (Å²) in [5, 5.41) is 2.67. The van der Waals surface area contributed by atoms with E-state index in [1.54, 1.807) is 32.9 Å². The number of alkyl carbamates (subject to hydrolysis) is 1. The standard InChI is InChI=1S/C14H21FN2O2/c1-13(2,3)19-12(18)16-9-14(4,5)10-7-6-8-11(15)17-10/h6-8H,9H2,1-5H3,(H,16,18). The summed E-state index contributed by atoms with van der Waals surface area (Å²) in [6.07, 6.45) is -0.489. The van der Waals surface area contributed by atoms with Crippen LogP contribution in [0.2, 0.25) is 0 Å². The second-order valence-electron chi connectivity index (χ2n) is 6.08. The van der Waals surface area contributed by atoms with Crippen molar-refractivity contribution in [2.45, 2.75) is 45.6 Å². The number of nitrogens with one attached hydrogen (secondary N) is 1. The van der Waals surface area contributed by atoms with Gasteiger partial charge in [-0.2, -0.15) is 4.39 Å². The Bertz CT molecular complexity index is 453. The Labute approximate surface area is 113 Å². The molecule has 0 aliphatic carbocycles. The number of halogens is 1. The molecular formula is C14H21FN2O2. The number of hydrogen-bond donors (Lipinski definition) is 1. The van der Waals surface area contributed by atoms with Gasteiger partial charge in [-0.3, -0.25) is 0 Å². The lowest BCUT2D eigenvalue weighted by Crippen LogP contribution is -2.40. The Morgan fingerprint density at radius 2 is 1.95 bits per heavy atom. The van der Waals surface area contributed by atoms with Gasteiger partial charge in [-0.25, -0.2) is 9.78 Å². The van der Waals surface area contributed by atoms with Crippen molar-refractivity contribution in [3.63, 3.8) is 0 Å². The lowest BCUT2D eigenvalue weighted by Gasteiger charge is -2.26. The van der Waals surface area contributed by atoms with E-state index in [9.17, 15) is 9.18 Å². The van der Waals surface area contributed by atoms with Crippen molar-refractivity contribution in [3.8, 4) is 0 Å². The summed E-state index contributed by atoms with van der Waals surface area (Å²) in [6, 6.07) is 4.63. The van der Waals surface area contributed by atoms with Crippen LogP contribution in [0.5, 0.6) is 0 Å². The number of carbonyl (C=O) groups is 1. The lowest BCUT2D eigenvalue weighted by atomic mass is 9.89. The van der Waals surface area contributed by atoms with Crippen LogP contribution in [0.1, 0.15) is 40.3 Å². The van der Waals surface area contributed by atoms with E-state index in [-0.39, 0.29) is 0 Å². The second kappa shape index (κ2) is 5.55. The summed E-state index contributed by atoms with van der Waals surface area (Å²) >= 11 is 0. The number of carbonyl (C=O) groups excluding carboxylic acids is 1. The summed E-state index contributed by atoms with van der Waals surface area (Å²) < 4.78 is 18.2. The Balaban J connectivity index is 2.63. The Morgan fingerprint density at radius 1 is 1.32 bits per heavy atom. The minimum atomic E-state index is -0.536. The molecule has 1 aromatic rings. The molecule has 0 atom stereocenters. The van der Waals surface area contributed by atoms with Crippen molar-refractivity contribution in [2.24, 2.45) is 0 Å². The number of nitrogens with zero attached hydrogens (tertiary/aromatic N) is 1. The van der Waals surface area contributed by atoms with Gasteiger partial charge in [0.15, 0.2) is 0 Å². The van der Waals surface area contributed by atoms with Gasteiger partial charge in [0, 0.05) is 12.0 Å². The molecule has 1 heterocycles. The molecule has 0 fully saturated rings. The van der Waals surface area contributed by atoms with Crippen molar-refractivity contribution in [1.82, 2.24) is 10.3 Å². The third kappa shape index (κ3) is 5.24. The fourth-order valence-corrected chi connectivity index (χ4v) is 1.48. The van der Waals surface area contributed by atoms with Crippen molar-refractivity contribution >= 4 is 6.09 Å². The predicted molar refractivity (Wildman–Crippen MR) is 71.5 cm³/mol. The van der Waals surface area contributed by atoms with Gasteiger partial charge in [-0.15, -0.1) is 0 Å². The second-order valence-corrected chi connectivity index (χ2v) is 6.08. The summed E-state index contributed by atoms with van der Waals surface area (Å²) in [5.74, 6) is -0.525. The van der Waals surface area contributed by atoms with E-state index >= 15 is 0 Å². The van der Waals surface area contributed by atoms with Gasteiger partial charge in [0.25, 0.3) is 0 Å². The first-order valence-electron chi connectivity index (χ1n) is 6.20. The molecule has 0 spiro atoms. The monoisotopic (exact) mass is 268 g/mol. The SMILES string of the molecule is CC(C)(C)OC(=O)NCC(C)(C)c1cccc(F)n1. The zero-order chi connectivity index (χ0) is 14.7. The van der Waals surface area contributed by atoms with Gasteiger partial charge in [-0.05, 0) is 32.9 Å². The number of pyridine rings is 1. The number of aromatic nitrogens is 1. The number of ether oxygens (including phenoxy) is 1. The average Bonchev–Trinajstić information content (AvgIpc) is 2.24. The predicted octanol–water partition coefficient (Wildman–Crippen LogP) is 3.02. The minimum Gasteiger partial charge on any atom is -0.444 e. The first kappa shape index (κ1) is 15.4. The molecule has 0 saturated heterocycles. The highest BCUT2D eigenvalue weighted by molar-refractivity contribution is 5.67. The molecule has 5 heteroatoms. The van der Waals surface area contributed by atoms with Crippen molar-refractivity contribution in [1.29, 1.82) is 0 Å². The molecule has 1 rings (SSSR count). The quantitative estimate of drug-likeness (QED) is 0.857. The molecule has 0 saturated carbocycles. The van der Waals surface area contributed by atoms with E-state index in [1.807, 2.05) is 13.8 Å². The number of rotatable bonds is 3. The molecule has 4 nitrogen and oxygen atoms in total. The van der Waals surface area contributed by atoms with Gasteiger partial charge in [-0.1, -0.05) is 19.9 Å². The van der Waals surface area contributed by atoms with E-state index in [2.05, 4.69) is 10.3 Å². The molecule has 1 N–H and O–H groups in total. The fourth-order valence-electron chi connectivity index (χ4n) is 1.48. The Hall–Kier alpha value is -1.65. The number of hydrogen-bond acceptors (Lipinski definition) is 3. The number of amides is 1. The van der Waals surface area contributed by atoms with Crippen molar-refractivity contribution in [3.05, 3.63) is 29.8 Å². The van der Waals surface area contributed by atoms with E-state index in [0.717, 1.165) is 0 Å². The van der Waals surface area contributed by atoms with E-state index in [4.69, 9.17) is 4.74 Å². The van der Waals surface area contributed by atoms with E-state index in [0.29, 0.717) is 12.2 Å². The molecule has 1 aromatic heterocycles. The normalized spacial score (nSPS) is 12.1. The van der Waals surface area contributed by atoms with Gasteiger partial charge >= 0.3 is 6.09 Å². The Kier molecular flexibility index (Phi) is 4.50.